The average Bonchev–Trinajstić information content (AvgIpc) is 2.74. The van der Waals surface area contributed by atoms with Crippen molar-refractivity contribution in [3.63, 3.8) is 0 Å². The van der Waals surface area contributed by atoms with Gasteiger partial charge >= 0.3 is 0 Å². The highest BCUT2D eigenvalue weighted by Gasteiger charge is 2.12. The minimum absolute atomic E-state index is 0.289. The first kappa shape index (κ1) is 23.3. The highest BCUT2D eigenvalue weighted by molar-refractivity contribution is 6.00. The molecule has 0 saturated carbocycles. The van der Waals surface area contributed by atoms with Crippen LogP contribution in [0.25, 0.3) is 11.3 Å². The number of anilines is 2. The topological polar surface area (TPSA) is 140 Å². The van der Waals surface area contributed by atoms with Crippen molar-refractivity contribution in [3.8, 4) is 22.8 Å². The van der Waals surface area contributed by atoms with E-state index in [0.29, 0.717) is 39.8 Å². The molecule has 1 aromatic carbocycles. The van der Waals surface area contributed by atoms with E-state index in [1.54, 1.807) is 50.5 Å². The quantitative estimate of drug-likeness (QED) is 0.436. The second kappa shape index (κ2) is 10.2. The van der Waals surface area contributed by atoms with Crippen molar-refractivity contribution < 1.29 is 9.53 Å². The number of nitrogens with two attached hydrogens (primary N) is 2. The molecule has 0 radical (unpaired) electrons. The lowest BCUT2D eigenvalue weighted by molar-refractivity contribution is 0.0999. The fraction of sp³-hybridized carbons (Fsp3) is 0.217. The van der Waals surface area contributed by atoms with Gasteiger partial charge in [-0.25, -0.2) is 9.97 Å². The van der Waals surface area contributed by atoms with Gasteiger partial charge in [-0.2, -0.15) is 0 Å². The number of aromatic nitrogens is 2. The third-order valence-corrected chi connectivity index (χ3v) is 4.35. The van der Waals surface area contributed by atoms with Crippen LogP contribution in [-0.4, -0.2) is 28.6 Å². The average molecular weight is 421 g/mol. The first-order chi connectivity index (χ1) is 14.8. The Morgan fingerprint density at radius 1 is 1.10 bits per heavy atom. The Morgan fingerprint density at radius 3 is 2.39 bits per heavy atom. The van der Waals surface area contributed by atoms with Crippen LogP contribution in [-0.2, 0) is 0 Å². The summed E-state index contributed by atoms with van der Waals surface area (Å²) in [6.45, 7) is 7.49. The van der Waals surface area contributed by atoms with Gasteiger partial charge in [0.1, 0.15) is 23.1 Å². The number of aryl methyl sites for hydroxylation is 1. The van der Waals surface area contributed by atoms with Gasteiger partial charge < -0.3 is 26.9 Å². The summed E-state index contributed by atoms with van der Waals surface area (Å²) in [4.78, 5) is 20.1. The van der Waals surface area contributed by atoms with Crippen LogP contribution in [0.3, 0.4) is 0 Å². The van der Waals surface area contributed by atoms with Crippen LogP contribution in [0.1, 0.15) is 42.3 Å². The Hall–Kier alpha value is -3.94. The van der Waals surface area contributed by atoms with Crippen molar-refractivity contribution in [2.45, 2.75) is 27.7 Å². The van der Waals surface area contributed by atoms with Crippen LogP contribution in [0.2, 0.25) is 0 Å². The molecule has 162 valence electrons. The zero-order valence-corrected chi connectivity index (χ0v) is 18.4. The molecule has 0 aliphatic rings. The van der Waals surface area contributed by atoms with Gasteiger partial charge in [-0.1, -0.05) is 19.9 Å². The maximum Gasteiger partial charge on any atom is 0.248 e. The summed E-state index contributed by atoms with van der Waals surface area (Å²) < 4.78 is 5.92. The number of carbonyl (C=O) groups is 1. The minimum Gasteiger partial charge on any atom is -0.456 e. The van der Waals surface area contributed by atoms with E-state index in [0.717, 1.165) is 11.1 Å². The Kier molecular flexibility index (Phi) is 7.68. The molecule has 0 aliphatic heterocycles. The summed E-state index contributed by atoms with van der Waals surface area (Å²) in [5, 5.41) is 10.9. The molecule has 1 amide bonds. The van der Waals surface area contributed by atoms with Crippen molar-refractivity contribution >= 4 is 23.3 Å². The first-order valence-corrected chi connectivity index (χ1v) is 9.88. The lowest BCUT2D eigenvalue weighted by Gasteiger charge is -2.12. The Morgan fingerprint density at radius 2 is 1.81 bits per heavy atom. The lowest BCUT2D eigenvalue weighted by atomic mass is 10.0. The molecule has 0 aliphatic carbocycles. The van der Waals surface area contributed by atoms with E-state index < -0.39 is 5.91 Å². The van der Waals surface area contributed by atoms with E-state index in [2.05, 4.69) is 15.3 Å². The maximum atomic E-state index is 11.4. The number of pyridine rings is 2. The SMILES string of the molecule is CC.CNc1ncc(Oc2cc(N)nc(-c3ccc(C(N)=O)c(C)c3)c2)cc1C(C)=N. The molecule has 0 fully saturated rings. The Labute approximate surface area is 182 Å². The lowest BCUT2D eigenvalue weighted by Crippen LogP contribution is -2.12. The molecule has 2 heterocycles. The molecule has 8 nitrogen and oxygen atoms in total. The number of hydrogen-bond donors (Lipinski definition) is 4. The molecule has 2 aromatic heterocycles. The number of nitrogen functional groups attached to an aromatic ring is 1. The molecular formula is C23H28N6O2. The molecule has 0 bridgehead atoms. The number of rotatable bonds is 6. The number of hydrogen-bond acceptors (Lipinski definition) is 7. The van der Waals surface area contributed by atoms with Crippen LogP contribution < -0.4 is 21.5 Å². The smallest absolute Gasteiger partial charge is 0.248 e. The number of benzene rings is 1. The molecule has 0 saturated heterocycles. The predicted molar refractivity (Wildman–Crippen MR) is 125 cm³/mol. The Bertz CT molecular complexity index is 1110. The van der Waals surface area contributed by atoms with Gasteiger partial charge in [-0.05, 0) is 37.6 Å². The Balaban J connectivity index is 0.00000166. The van der Waals surface area contributed by atoms with E-state index in [-0.39, 0.29) is 5.82 Å². The highest BCUT2D eigenvalue weighted by Crippen LogP contribution is 2.30. The molecule has 6 N–H and O–H groups in total. The van der Waals surface area contributed by atoms with Crippen molar-refractivity contribution in [1.82, 2.24) is 9.97 Å². The summed E-state index contributed by atoms with van der Waals surface area (Å²) in [5.74, 6) is 1.37. The first-order valence-electron chi connectivity index (χ1n) is 9.88. The van der Waals surface area contributed by atoms with E-state index in [1.807, 2.05) is 26.8 Å². The van der Waals surface area contributed by atoms with Crippen LogP contribution in [0, 0.1) is 12.3 Å². The van der Waals surface area contributed by atoms with E-state index >= 15 is 0 Å². The maximum absolute atomic E-state index is 11.4. The number of amides is 1. The van der Waals surface area contributed by atoms with Gasteiger partial charge in [0.25, 0.3) is 0 Å². The number of carbonyl (C=O) groups excluding carboxylic acids is 1. The van der Waals surface area contributed by atoms with Crippen molar-refractivity contribution in [3.05, 3.63) is 59.3 Å². The number of primary amides is 1. The zero-order valence-electron chi connectivity index (χ0n) is 18.4. The summed E-state index contributed by atoms with van der Waals surface area (Å²) in [6.07, 6.45) is 1.57. The van der Waals surface area contributed by atoms with Gasteiger partial charge in [-0.15, -0.1) is 0 Å². The summed E-state index contributed by atoms with van der Waals surface area (Å²) in [7, 11) is 1.75. The number of nitrogens with zero attached hydrogens (tertiary/aromatic N) is 2. The third-order valence-electron chi connectivity index (χ3n) is 4.35. The third kappa shape index (κ3) is 5.57. The molecule has 3 rings (SSSR count). The van der Waals surface area contributed by atoms with Crippen molar-refractivity contribution in [1.29, 1.82) is 5.41 Å². The van der Waals surface area contributed by atoms with Gasteiger partial charge in [0.05, 0.1) is 11.9 Å². The van der Waals surface area contributed by atoms with Crippen molar-refractivity contribution in [2.75, 3.05) is 18.1 Å². The highest BCUT2D eigenvalue weighted by atomic mass is 16.5. The molecule has 0 unspecified atom stereocenters. The second-order valence-corrected chi connectivity index (χ2v) is 6.55. The zero-order chi connectivity index (χ0) is 23.1. The molecule has 0 atom stereocenters. The largest absolute Gasteiger partial charge is 0.456 e. The van der Waals surface area contributed by atoms with Crippen molar-refractivity contribution in [2.24, 2.45) is 5.73 Å². The van der Waals surface area contributed by atoms with Crippen LogP contribution in [0.4, 0.5) is 11.6 Å². The van der Waals surface area contributed by atoms with Crippen LogP contribution >= 0.6 is 0 Å². The second-order valence-electron chi connectivity index (χ2n) is 6.55. The van der Waals surface area contributed by atoms with Gasteiger partial charge in [0, 0.05) is 41.6 Å². The summed E-state index contributed by atoms with van der Waals surface area (Å²) in [6, 6.07) is 10.3. The monoisotopic (exact) mass is 420 g/mol. The molecule has 8 heteroatoms. The number of ether oxygens (including phenoxy) is 1. The van der Waals surface area contributed by atoms with E-state index in [9.17, 15) is 4.79 Å². The summed E-state index contributed by atoms with van der Waals surface area (Å²) in [5.41, 5.74) is 14.9. The van der Waals surface area contributed by atoms with E-state index in [1.165, 1.54) is 0 Å². The normalized spacial score (nSPS) is 9.97. The van der Waals surface area contributed by atoms with E-state index in [4.69, 9.17) is 21.6 Å². The fourth-order valence-electron chi connectivity index (χ4n) is 2.95. The van der Waals surface area contributed by atoms with Gasteiger partial charge in [-0.3, -0.25) is 4.79 Å². The van der Waals surface area contributed by atoms with Gasteiger partial charge in [0.15, 0.2) is 0 Å². The van der Waals surface area contributed by atoms with Gasteiger partial charge in [0.2, 0.25) is 5.91 Å². The molecule has 3 aromatic rings. The fourth-order valence-corrected chi connectivity index (χ4v) is 2.95. The van der Waals surface area contributed by atoms with Crippen LogP contribution in [0.15, 0.2) is 42.6 Å². The molecule has 31 heavy (non-hydrogen) atoms. The minimum atomic E-state index is -0.478. The predicted octanol–water partition coefficient (Wildman–Crippen LogP) is 4.38. The summed E-state index contributed by atoms with van der Waals surface area (Å²) >= 11 is 0. The molecular weight excluding hydrogens is 392 g/mol. The van der Waals surface area contributed by atoms with Crippen LogP contribution in [0.5, 0.6) is 11.5 Å². The standard InChI is InChI=1S/C21H22N6O2.C2H6/c1-11-6-13(4-5-16(11)20(24)28)18-8-14(9-19(23)27-18)29-15-7-17(12(2)22)21(25-3)26-10-15;1-2/h4-10,22H,1-3H3,(H2,23,27)(H2,24,28)(H,25,26);1-2H3. The molecule has 0 spiro atoms. The number of nitrogens with one attached hydrogen (secondary N) is 2.